The van der Waals surface area contributed by atoms with Gasteiger partial charge in [0.05, 0.1) is 5.54 Å². The Kier molecular flexibility index (Phi) is 5.13. The molecule has 2 nitrogen and oxygen atoms in total. The van der Waals surface area contributed by atoms with Crippen LogP contribution in [0.4, 0.5) is 8.78 Å². The second kappa shape index (κ2) is 7.57. The van der Waals surface area contributed by atoms with Gasteiger partial charge in [0.2, 0.25) is 0 Å². The quantitative estimate of drug-likeness (QED) is 0.466. The summed E-state index contributed by atoms with van der Waals surface area (Å²) in [6, 6.07) is 18.4. The van der Waals surface area contributed by atoms with Crippen molar-refractivity contribution in [1.82, 2.24) is 0 Å². The van der Waals surface area contributed by atoms with Crippen molar-refractivity contribution in [2.75, 3.05) is 5.75 Å². The molecule has 142 valence electrons. The highest BCUT2D eigenvalue weighted by atomic mass is 35.5. The van der Waals surface area contributed by atoms with Gasteiger partial charge in [-0.25, -0.2) is 8.78 Å². The molecule has 3 aromatic rings. The van der Waals surface area contributed by atoms with Crippen LogP contribution in [0.25, 0.3) is 0 Å². The molecule has 0 radical (unpaired) electrons. The van der Waals surface area contributed by atoms with Crippen LogP contribution < -0.4 is 4.74 Å². The summed E-state index contributed by atoms with van der Waals surface area (Å²) >= 11 is 7.35. The minimum Gasteiger partial charge on any atom is -0.457 e. The van der Waals surface area contributed by atoms with E-state index in [4.69, 9.17) is 21.3 Å². The summed E-state index contributed by atoms with van der Waals surface area (Å²) in [4.78, 5) is 4.74. The fraction of sp³-hybridized carbons (Fsp3) is 0.136. The Morgan fingerprint density at radius 2 is 1.61 bits per heavy atom. The van der Waals surface area contributed by atoms with Crippen LogP contribution in [0, 0.1) is 11.6 Å². The molecule has 4 rings (SSSR count). The van der Waals surface area contributed by atoms with E-state index in [1.165, 1.54) is 23.9 Å². The van der Waals surface area contributed by atoms with Gasteiger partial charge in [-0.2, -0.15) is 0 Å². The van der Waals surface area contributed by atoms with Crippen molar-refractivity contribution in [2.24, 2.45) is 4.99 Å². The Hall–Kier alpha value is -2.37. The minimum atomic E-state index is -0.595. The average Bonchev–Trinajstić information content (AvgIpc) is 3.07. The third-order valence-corrected chi connectivity index (χ3v) is 6.07. The molecule has 1 atom stereocenters. The van der Waals surface area contributed by atoms with Crippen LogP contribution in [-0.2, 0) is 5.54 Å². The molecule has 1 aliphatic rings. The van der Waals surface area contributed by atoms with Gasteiger partial charge >= 0.3 is 0 Å². The minimum absolute atomic E-state index is 0.331. The monoisotopic (exact) mass is 415 g/mol. The smallest absolute Gasteiger partial charge is 0.136 e. The van der Waals surface area contributed by atoms with Gasteiger partial charge in [-0.05, 0) is 61.0 Å². The lowest BCUT2D eigenvalue weighted by Crippen LogP contribution is -2.18. The van der Waals surface area contributed by atoms with Crippen molar-refractivity contribution >= 4 is 28.4 Å². The summed E-state index contributed by atoms with van der Waals surface area (Å²) in [5.41, 5.74) is 0.846. The molecular weight excluding hydrogens is 400 g/mol. The Bertz CT molecular complexity index is 1040. The molecule has 0 fully saturated rings. The maximum atomic E-state index is 14.1. The molecule has 0 spiro atoms. The predicted octanol–water partition coefficient (Wildman–Crippen LogP) is 6.82. The van der Waals surface area contributed by atoms with E-state index in [1.807, 2.05) is 31.2 Å². The van der Waals surface area contributed by atoms with Crippen molar-refractivity contribution in [3.05, 3.63) is 94.5 Å². The largest absolute Gasteiger partial charge is 0.457 e. The van der Waals surface area contributed by atoms with E-state index < -0.39 is 17.2 Å². The summed E-state index contributed by atoms with van der Waals surface area (Å²) in [7, 11) is 0. The Morgan fingerprint density at radius 1 is 0.964 bits per heavy atom. The number of thioether (sulfide) groups is 1. The van der Waals surface area contributed by atoms with Crippen LogP contribution in [-0.4, -0.2) is 10.8 Å². The molecule has 28 heavy (non-hydrogen) atoms. The van der Waals surface area contributed by atoms with Crippen molar-refractivity contribution in [3.8, 4) is 11.5 Å². The zero-order chi connectivity index (χ0) is 19.7. The first kappa shape index (κ1) is 19.0. The van der Waals surface area contributed by atoms with E-state index in [-0.39, 0.29) is 0 Å². The van der Waals surface area contributed by atoms with Gasteiger partial charge in [-0.3, -0.25) is 4.99 Å². The molecule has 3 aromatic carbocycles. The Morgan fingerprint density at radius 3 is 2.25 bits per heavy atom. The second-order valence-electron chi connectivity index (χ2n) is 6.68. The van der Waals surface area contributed by atoms with Crippen LogP contribution in [0.2, 0.25) is 5.02 Å². The van der Waals surface area contributed by atoms with Crippen LogP contribution in [0.1, 0.15) is 18.1 Å². The number of nitrogens with zero attached hydrogens (tertiary/aromatic N) is 1. The van der Waals surface area contributed by atoms with E-state index in [0.29, 0.717) is 32.9 Å². The molecule has 0 saturated carbocycles. The maximum absolute atomic E-state index is 14.1. The van der Waals surface area contributed by atoms with Crippen molar-refractivity contribution in [3.63, 3.8) is 0 Å². The molecule has 0 N–H and O–H groups in total. The normalized spacial score (nSPS) is 18.8. The van der Waals surface area contributed by atoms with Gasteiger partial charge in [0.1, 0.15) is 28.2 Å². The molecule has 1 heterocycles. The SMILES string of the molecule is CC1(c2ccc(Oc3ccc(Cl)cc3)cc2)CSC(c2ccc(F)cc2F)=N1. The lowest BCUT2D eigenvalue weighted by atomic mass is 9.95. The highest BCUT2D eigenvalue weighted by Crippen LogP contribution is 2.39. The summed E-state index contributed by atoms with van der Waals surface area (Å²) in [6.07, 6.45) is 0. The van der Waals surface area contributed by atoms with Crippen molar-refractivity contribution in [2.45, 2.75) is 12.5 Å². The molecule has 0 saturated heterocycles. The number of ether oxygens (including phenoxy) is 1. The van der Waals surface area contributed by atoms with E-state index in [2.05, 4.69) is 0 Å². The van der Waals surface area contributed by atoms with Gasteiger partial charge in [0.15, 0.2) is 0 Å². The molecule has 1 aliphatic heterocycles. The average molecular weight is 416 g/mol. The summed E-state index contributed by atoms with van der Waals surface area (Å²) in [5.74, 6) is 0.892. The molecule has 0 aliphatic carbocycles. The van der Waals surface area contributed by atoms with E-state index >= 15 is 0 Å². The standard InChI is InChI=1S/C22H16ClF2NOS/c1-22(13-28-21(26-22)19-11-6-16(24)12-20(19)25)14-2-7-17(8-3-14)27-18-9-4-15(23)5-10-18/h2-12H,13H2,1H3. The number of halogens is 3. The summed E-state index contributed by atoms with van der Waals surface area (Å²) < 4.78 is 33.1. The molecular formula is C22H16ClF2NOS. The number of benzene rings is 3. The van der Waals surface area contributed by atoms with Gasteiger partial charge < -0.3 is 4.74 Å². The van der Waals surface area contributed by atoms with Gasteiger partial charge in [-0.1, -0.05) is 23.7 Å². The van der Waals surface area contributed by atoms with E-state index in [1.54, 1.807) is 24.3 Å². The van der Waals surface area contributed by atoms with Gasteiger partial charge in [0, 0.05) is 22.4 Å². The maximum Gasteiger partial charge on any atom is 0.136 e. The fourth-order valence-electron chi connectivity index (χ4n) is 2.97. The van der Waals surface area contributed by atoms with Gasteiger partial charge in [0.25, 0.3) is 0 Å². The third-order valence-electron chi connectivity index (χ3n) is 4.53. The first-order valence-electron chi connectivity index (χ1n) is 8.65. The zero-order valence-electron chi connectivity index (χ0n) is 15.0. The number of hydrogen-bond acceptors (Lipinski definition) is 3. The molecule has 0 aromatic heterocycles. The summed E-state index contributed by atoms with van der Waals surface area (Å²) in [5, 5.41) is 1.24. The van der Waals surface area contributed by atoms with Gasteiger partial charge in [-0.15, -0.1) is 11.8 Å². The van der Waals surface area contributed by atoms with Crippen LogP contribution in [0.15, 0.2) is 71.7 Å². The number of aliphatic imine (C=N–C) groups is 1. The molecule has 0 bridgehead atoms. The second-order valence-corrected chi connectivity index (χ2v) is 8.08. The van der Waals surface area contributed by atoms with E-state index in [9.17, 15) is 8.78 Å². The predicted molar refractivity (Wildman–Crippen MR) is 111 cm³/mol. The summed E-state index contributed by atoms with van der Waals surface area (Å²) in [6.45, 7) is 2.00. The Balaban J connectivity index is 1.55. The third kappa shape index (κ3) is 3.91. The Labute approximate surface area is 171 Å². The molecule has 6 heteroatoms. The highest BCUT2D eigenvalue weighted by molar-refractivity contribution is 8.14. The van der Waals surface area contributed by atoms with Crippen molar-refractivity contribution in [1.29, 1.82) is 0 Å². The fourth-order valence-corrected chi connectivity index (χ4v) is 4.33. The zero-order valence-corrected chi connectivity index (χ0v) is 16.5. The van der Waals surface area contributed by atoms with Crippen molar-refractivity contribution < 1.29 is 13.5 Å². The number of rotatable bonds is 4. The van der Waals surface area contributed by atoms with E-state index in [0.717, 1.165) is 11.6 Å². The van der Waals surface area contributed by atoms with Crippen LogP contribution >= 0.6 is 23.4 Å². The molecule has 1 unspecified atom stereocenters. The first-order chi connectivity index (χ1) is 13.4. The number of hydrogen-bond donors (Lipinski definition) is 0. The van der Waals surface area contributed by atoms with Crippen LogP contribution in [0.5, 0.6) is 11.5 Å². The highest BCUT2D eigenvalue weighted by Gasteiger charge is 2.33. The topological polar surface area (TPSA) is 21.6 Å². The first-order valence-corrected chi connectivity index (χ1v) is 10.0. The lowest BCUT2D eigenvalue weighted by Gasteiger charge is -2.20. The van der Waals surface area contributed by atoms with Crippen LogP contribution in [0.3, 0.4) is 0 Å². The lowest BCUT2D eigenvalue weighted by molar-refractivity contribution is 0.481. The molecule has 0 amide bonds.